The van der Waals surface area contributed by atoms with Crippen LogP contribution in [0.15, 0.2) is 71.5 Å². The zero-order valence-corrected chi connectivity index (χ0v) is 25.0. The zero-order valence-electron chi connectivity index (χ0n) is 23.5. The van der Waals surface area contributed by atoms with Gasteiger partial charge in [0.25, 0.3) is 0 Å². The van der Waals surface area contributed by atoms with Crippen molar-refractivity contribution in [2.45, 2.75) is 52.7 Å². The van der Waals surface area contributed by atoms with Crippen molar-refractivity contribution in [3.8, 4) is 0 Å². The van der Waals surface area contributed by atoms with Crippen LogP contribution >= 0.6 is 23.8 Å². The third kappa shape index (κ3) is 5.01. The minimum Gasteiger partial charge on any atom is -0.467 e. The van der Waals surface area contributed by atoms with Crippen molar-refractivity contribution in [3.05, 3.63) is 100 Å². The number of aryl methyl sites for hydroxylation is 1. The molecule has 5 heterocycles. The van der Waals surface area contributed by atoms with Crippen molar-refractivity contribution in [1.82, 2.24) is 14.9 Å². The zero-order chi connectivity index (χ0) is 28.0. The Labute approximate surface area is 246 Å². The first-order valence-electron chi connectivity index (χ1n) is 14.0. The van der Waals surface area contributed by atoms with Gasteiger partial charge in [0, 0.05) is 36.4 Å². The summed E-state index contributed by atoms with van der Waals surface area (Å²) in [5.41, 5.74) is 6.57. The minimum atomic E-state index is -0.117. The number of nitrogens with one attached hydrogen (secondary N) is 1. The molecule has 0 bridgehead atoms. The summed E-state index contributed by atoms with van der Waals surface area (Å²) in [6.07, 6.45) is 4.82. The Bertz CT molecular complexity index is 1490. The topological polar surface area (TPSA) is 49.5 Å². The number of nitrogens with zero attached hydrogens (tertiary/aromatic N) is 4. The summed E-state index contributed by atoms with van der Waals surface area (Å²) in [6, 6.07) is 18.4. The molecule has 2 aliphatic rings. The lowest BCUT2D eigenvalue weighted by Crippen LogP contribution is -2.38. The van der Waals surface area contributed by atoms with Crippen LogP contribution in [-0.2, 0) is 6.54 Å². The molecular formula is C32H36ClN5OS. The molecule has 6 rings (SSSR count). The fourth-order valence-corrected chi connectivity index (χ4v) is 7.28. The van der Waals surface area contributed by atoms with E-state index in [1.54, 1.807) is 6.26 Å². The molecule has 0 unspecified atom stereocenters. The van der Waals surface area contributed by atoms with Gasteiger partial charge in [0.1, 0.15) is 5.76 Å². The molecule has 1 N–H and O–H groups in total. The monoisotopic (exact) mass is 573 g/mol. The molecule has 1 aromatic carbocycles. The van der Waals surface area contributed by atoms with Gasteiger partial charge in [0.05, 0.1) is 41.3 Å². The molecule has 0 aliphatic carbocycles. The van der Waals surface area contributed by atoms with Crippen LogP contribution in [-0.4, -0.2) is 27.8 Å². The number of hydrogen-bond acceptors (Lipinski definition) is 4. The summed E-state index contributed by atoms with van der Waals surface area (Å²) in [7, 11) is 0. The van der Waals surface area contributed by atoms with Crippen molar-refractivity contribution in [2.24, 2.45) is 11.8 Å². The first kappa shape index (κ1) is 26.9. The Morgan fingerprint density at radius 3 is 2.52 bits per heavy atom. The molecule has 40 heavy (non-hydrogen) atoms. The van der Waals surface area contributed by atoms with E-state index in [-0.39, 0.29) is 12.1 Å². The molecule has 0 amide bonds. The first-order chi connectivity index (χ1) is 19.3. The number of aromatic nitrogens is 2. The summed E-state index contributed by atoms with van der Waals surface area (Å²) >= 11 is 13.0. The number of thiocarbonyl (C=S) groups is 1. The van der Waals surface area contributed by atoms with Crippen molar-refractivity contribution in [1.29, 1.82) is 0 Å². The van der Waals surface area contributed by atoms with Gasteiger partial charge in [-0.2, -0.15) is 0 Å². The van der Waals surface area contributed by atoms with E-state index in [0.29, 0.717) is 23.5 Å². The maximum absolute atomic E-state index is 7.01. The molecule has 0 saturated carbocycles. The molecule has 4 atom stereocenters. The number of pyridine rings is 1. The molecule has 0 radical (unpaired) electrons. The van der Waals surface area contributed by atoms with E-state index in [2.05, 4.69) is 77.7 Å². The van der Waals surface area contributed by atoms with Crippen LogP contribution in [0.25, 0.3) is 0 Å². The number of benzene rings is 1. The quantitative estimate of drug-likeness (QED) is 0.242. The highest BCUT2D eigenvalue weighted by Gasteiger charge is 2.42. The number of furan rings is 1. The fraction of sp³-hybridized carbons (Fsp3) is 0.375. The van der Waals surface area contributed by atoms with E-state index < -0.39 is 0 Å². The lowest BCUT2D eigenvalue weighted by atomic mass is 9.91. The SMILES string of the molecule is Cc1cc([C@@H]2[C@H](c3ccccn3)NC(=S)N2c2ccc(N3C[C@@H](C)C[C@H](C)C3)c(Cl)c2)c(C)n1Cc1ccco1. The van der Waals surface area contributed by atoms with Gasteiger partial charge in [-0.1, -0.05) is 31.5 Å². The fourth-order valence-electron chi connectivity index (χ4n) is 6.64. The second-order valence-electron chi connectivity index (χ2n) is 11.5. The molecule has 0 spiro atoms. The van der Waals surface area contributed by atoms with Crippen LogP contribution in [0.4, 0.5) is 11.4 Å². The van der Waals surface area contributed by atoms with Crippen LogP contribution in [0.5, 0.6) is 0 Å². The van der Waals surface area contributed by atoms with Gasteiger partial charge in [0.15, 0.2) is 5.11 Å². The summed E-state index contributed by atoms with van der Waals surface area (Å²) in [6.45, 7) is 11.7. The highest BCUT2D eigenvalue weighted by Crippen LogP contribution is 2.45. The number of anilines is 2. The second kappa shape index (κ2) is 10.9. The first-order valence-corrected chi connectivity index (χ1v) is 14.8. The van der Waals surface area contributed by atoms with Crippen LogP contribution in [0.3, 0.4) is 0 Å². The largest absolute Gasteiger partial charge is 0.467 e. The van der Waals surface area contributed by atoms with Gasteiger partial charge in [-0.15, -0.1) is 0 Å². The van der Waals surface area contributed by atoms with Crippen molar-refractivity contribution in [2.75, 3.05) is 22.9 Å². The average molecular weight is 574 g/mol. The van der Waals surface area contributed by atoms with Crippen LogP contribution < -0.4 is 15.1 Å². The number of halogens is 1. The molecule has 4 aromatic rings. The Kier molecular flexibility index (Phi) is 7.36. The van der Waals surface area contributed by atoms with Gasteiger partial charge in [0.2, 0.25) is 0 Å². The standard InChI is InChI=1S/C32H36ClN5OS/c1-20-14-21(2)18-36(17-20)29-11-10-24(16-27(29)33)38-31(30(35-32(38)40)28-9-5-6-12-34-28)26-15-22(3)37(23(26)4)19-25-8-7-13-39-25/h5-13,15-16,20-21,30-31H,14,17-19H2,1-4H3,(H,35,40)/t20-,21-,30-,31+/m0/s1. The predicted octanol–water partition coefficient (Wildman–Crippen LogP) is 7.45. The maximum atomic E-state index is 7.01. The number of hydrogen-bond donors (Lipinski definition) is 1. The lowest BCUT2D eigenvalue weighted by molar-refractivity contribution is 0.357. The molecule has 6 nitrogen and oxygen atoms in total. The second-order valence-corrected chi connectivity index (χ2v) is 12.3. The van der Waals surface area contributed by atoms with Gasteiger partial charge < -0.3 is 24.1 Å². The van der Waals surface area contributed by atoms with Crippen LogP contribution in [0.2, 0.25) is 5.02 Å². The molecule has 2 fully saturated rings. The van der Waals surface area contributed by atoms with E-state index in [1.165, 1.54) is 23.4 Å². The third-order valence-corrected chi connectivity index (χ3v) is 8.96. The van der Waals surface area contributed by atoms with E-state index in [0.717, 1.165) is 40.9 Å². The van der Waals surface area contributed by atoms with Crippen molar-refractivity contribution < 1.29 is 4.42 Å². The Hall–Kier alpha value is -3.29. The summed E-state index contributed by atoms with van der Waals surface area (Å²) < 4.78 is 7.98. The maximum Gasteiger partial charge on any atom is 0.174 e. The summed E-state index contributed by atoms with van der Waals surface area (Å²) in [5, 5.41) is 5.01. The Morgan fingerprint density at radius 1 is 1.05 bits per heavy atom. The molecule has 208 valence electrons. The van der Waals surface area contributed by atoms with E-state index in [1.807, 2.05) is 30.5 Å². The Balaban J connectivity index is 1.41. The van der Waals surface area contributed by atoms with Crippen LogP contribution in [0, 0.1) is 25.7 Å². The van der Waals surface area contributed by atoms with Gasteiger partial charge in [-0.3, -0.25) is 4.98 Å². The summed E-state index contributed by atoms with van der Waals surface area (Å²) in [4.78, 5) is 9.37. The van der Waals surface area contributed by atoms with E-state index >= 15 is 0 Å². The predicted molar refractivity (Wildman–Crippen MR) is 166 cm³/mol. The normalized spacial score (nSPS) is 23.1. The number of piperidine rings is 1. The average Bonchev–Trinajstić information content (AvgIpc) is 3.63. The summed E-state index contributed by atoms with van der Waals surface area (Å²) in [5.74, 6) is 2.22. The minimum absolute atomic E-state index is 0.101. The molecule has 8 heteroatoms. The highest BCUT2D eigenvalue weighted by molar-refractivity contribution is 7.80. The van der Waals surface area contributed by atoms with Crippen molar-refractivity contribution >= 4 is 40.3 Å². The number of rotatable bonds is 6. The smallest absolute Gasteiger partial charge is 0.174 e. The molecule has 3 aromatic heterocycles. The van der Waals surface area contributed by atoms with Crippen LogP contribution in [0.1, 0.15) is 60.8 Å². The van der Waals surface area contributed by atoms with E-state index in [9.17, 15) is 0 Å². The molecular weight excluding hydrogens is 538 g/mol. The third-order valence-electron chi connectivity index (χ3n) is 8.34. The van der Waals surface area contributed by atoms with Gasteiger partial charge >= 0.3 is 0 Å². The molecule has 2 aliphatic heterocycles. The molecule has 2 saturated heterocycles. The van der Waals surface area contributed by atoms with Gasteiger partial charge in [-0.05, 0) is 98.4 Å². The van der Waals surface area contributed by atoms with Crippen molar-refractivity contribution in [3.63, 3.8) is 0 Å². The highest BCUT2D eigenvalue weighted by atomic mass is 35.5. The van der Waals surface area contributed by atoms with E-state index in [4.69, 9.17) is 33.2 Å². The van der Waals surface area contributed by atoms with Gasteiger partial charge in [-0.25, -0.2) is 0 Å². The lowest BCUT2D eigenvalue weighted by Gasteiger charge is -2.37. The Morgan fingerprint density at radius 2 is 1.85 bits per heavy atom.